The first-order valence-electron chi connectivity index (χ1n) is 5.75. The molecule has 0 saturated heterocycles. The van der Waals surface area contributed by atoms with Crippen LogP contribution in [0.2, 0.25) is 5.02 Å². The summed E-state index contributed by atoms with van der Waals surface area (Å²) in [5, 5.41) is 12.6. The molecule has 5 heteroatoms. The Hall–Kier alpha value is -0.624. The Kier molecular flexibility index (Phi) is 5.07. The molecule has 0 aliphatic rings. The Morgan fingerprint density at radius 3 is 2.45 bits per heavy atom. The zero-order chi connectivity index (χ0) is 13.4. The monoisotopic (exact) mass is 309 g/mol. The summed E-state index contributed by atoms with van der Waals surface area (Å²) in [6.07, 6.45) is 0. The molecule has 3 rings (SSSR count). The Bertz CT molecular complexity index is 768. The van der Waals surface area contributed by atoms with E-state index in [0.29, 0.717) is 10.6 Å². The minimum Gasteiger partial charge on any atom is -0.543 e. The Morgan fingerprint density at radius 2 is 1.80 bits per heavy atom. The van der Waals surface area contributed by atoms with E-state index in [4.69, 9.17) is 11.6 Å². The van der Waals surface area contributed by atoms with Gasteiger partial charge in [-0.05, 0) is 23.8 Å². The number of benzene rings is 2. The number of aromatic nitrogens is 1. The number of carboxylic acids is 1. The summed E-state index contributed by atoms with van der Waals surface area (Å²) in [7, 11) is 0. The molecule has 0 spiro atoms. The third kappa shape index (κ3) is 2.86. The van der Waals surface area contributed by atoms with Crippen molar-refractivity contribution in [2.75, 3.05) is 0 Å². The van der Waals surface area contributed by atoms with Crippen molar-refractivity contribution in [3.05, 3.63) is 59.2 Å². The van der Waals surface area contributed by atoms with Gasteiger partial charge in [0.05, 0.1) is 11.7 Å². The maximum Gasteiger partial charge on any atom is 1.00 e. The van der Waals surface area contributed by atoms with Gasteiger partial charge >= 0.3 is 51.4 Å². The fraction of sp³-hybridized carbons (Fsp3) is 0. The number of carbonyl (C=O) groups excluding carboxylic acids is 1. The maximum atomic E-state index is 11.3. The first-order chi connectivity index (χ1) is 9.16. The van der Waals surface area contributed by atoms with Crippen molar-refractivity contribution in [2.24, 2.45) is 0 Å². The van der Waals surface area contributed by atoms with Crippen LogP contribution in [0, 0.1) is 0 Å². The van der Waals surface area contributed by atoms with E-state index in [0.717, 1.165) is 16.5 Å². The molecule has 2 aromatic carbocycles. The van der Waals surface area contributed by atoms with E-state index in [1.54, 1.807) is 18.2 Å². The maximum absolute atomic E-state index is 11.3. The third-order valence-corrected chi connectivity index (χ3v) is 3.26. The second kappa shape index (κ2) is 6.43. The van der Waals surface area contributed by atoms with Gasteiger partial charge in [0.15, 0.2) is 0 Å². The van der Waals surface area contributed by atoms with Gasteiger partial charge in [-0.15, -0.1) is 0 Å². The molecule has 94 valence electrons. The van der Waals surface area contributed by atoms with E-state index in [1.807, 2.05) is 30.3 Å². The molecule has 1 aromatic heterocycles. The molecule has 0 aliphatic heterocycles. The fourth-order valence-corrected chi connectivity index (χ4v) is 2.39. The molecular weight excluding hydrogens is 301 g/mol. The van der Waals surface area contributed by atoms with Crippen LogP contribution in [-0.4, -0.2) is 11.0 Å². The van der Waals surface area contributed by atoms with Gasteiger partial charge in [0.2, 0.25) is 0 Å². The van der Waals surface area contributed by atoms with Crippen LogP contribution in [0.1, 0.15) is 10.5 Å². The molecule has 1 heterocycles. The largest absolute Gasteiger partial charge is 1.00 e. The molecule has 0 bridgehead atoms. The Labute approximate surface area is 163 Å². The average molecular weight is 310 g/mol. The van der Waals surface area contributed by atoms with E-state index in [-0.39, 0.29) is 57.1 Å². The number of fused-ring (bicyclic) bond motifs is 1. The van der Waals surface area contributed by atoms with Crippen LogP contribution >= 0.6 is 11.6 Å². The topological polar surface area (TPSA) is 55.9 Å². The number of carbonyl (C=O) groups is 1. The number of H-pyrrole nitrogens is 1. The van der Waals surface area contributed by atoms with Crippen LogP contribution in [0.15, 0.2) is 48.5 Å². The molecule has 0 aliphatic carbocycles. The number of hydrogen-bond acceptors (Lipinski definition) is 2. The first-order valence-corrected chi connectivity index (χ1v) is 6.12. The van der Waals surface area contributed by atoms with Gasteiger partial charge in [0.1, 0.15) is 0 Å². The molecular formula is C15H9ClKNO2. The summed E-state index contributed by atoms with van der Waals surface area (Å²) in [6.45, 7) is 0. The SMILES string of the molecule is O=C([O-])c1[nH]c2ccc(Cl)cc2c1-c1ccccc1.[K+]. The Morgan fingerprint density at radius 1 is 1.10 bits per heavy atom. The molecule has 0 unspecified atom stereocenters. The van der Waals surface area contributed by atoms with Gasteiger partial charge in [-0.1, -0.05) is 41.9 Å². The van der Waals surface area contributed by atoms with Gasteiger partial charge in [-0.25, -0.2) is 0 Å². The number of aromatic amines is 1. The minimum absolute atomic E-state index is 0. The number of nitrogens with one attached hydrogen (secondary N) is 1. The van der Waals surface area contributed by atoms with Crippen molar-refractivity contribution in [1.29, 1.82) is 0 Å². The van der Waals surface area contributed by atoms with E-state index in [1.165, 1.54) is 0 Å². The standard InChI is InChI=1S/C15H10ClNO2.K/c16-10-6-7-12-11(8-10)13(14(17-12)15(18)19)9-4-2-1-3-5-9;/h1-8,17H,(H,18,19);/q;+1/p-1. The van der Waals surface area contributed by atoms with Gasteiger partial charge in [0, 0.05) is 21.5 Å². The predicted octanol–water partition coefficient (Wildman–Crippen LogP) is -0.144. The summed E-state index contributed by atoms with van der Waals surface area (Å²) in [6, 6.07) is 14.5. The van der Waals surface area contributed by atoms with Crippen molar-refractivity contribution >= 4 is 28.5 Å². The number of halogens is 1. The minimum atomic E-state index is -1.23. The zero-order valence-electron chi connectivity index (χ0n) is 10.8. The van der Waals surface area contributed by atoms with Crippen molar-refractivity contribution in [3.8, 4) is 11.1 Å². The second-order valence-electron chi connectivity index (χ2n) is 4.22. The molecule has 3 nitrogen and oxygen atoms in total. The van der Waals surface area contributed by atoms with E-state index < -0.39 is 5.97 Å². The molecule has 0 atom stereocenters. The third-order valence-electron chi connectivity index (χ3n) is 3.03. The smallest absolute Gasteiger partial charge is 0.543 e. The summed E-state index contributed by atoms with van der Waals surface area (Å²) < 4.78 is 0. The molecule has 1 N–H and O–H groups in total. The Balaban J connectivity index is 0.00000147. The van der Waals surface area contributed by atoms with Gasteiger partial charge < -0.3 is 14.9 Å². The molecule has 0 amide bonds. The van der Waals surface area contributed by atoms with Gasteiger partial charge in [-0.2, -0.15) is 0 Å². The molecule has 0 saturated carbocycles. The van der Waals surface area contributed by atoms with Crippen molar-refractivity contribution in [2.45, 2.75) is 0 Å². The summed E-state index contributed by atoms with van der Waals surface area (Å²) in [4.78, 5) is 14.1. The van der Waals surface area contributed by atoms with E-state index >= 15 is 0 Å². The van der Waals surface area contributed by atoms with Crippen LogP contribution in [0.5, 0.6) is 0 Å². The van der Waals surface area contributed by atoms with Crippen LogP contribution in [0.4, 0.5) is 0 Å². The number of hydrogen-bond donors (Lipinski definition) is 1. The fourth-order valence-electron chi connectivity index (χ4n) is 2.22. The van der Waals surface area contributed by atoms with Crippen molar-refractivity contribution in [3.63, 3.8) is 0 Å². The van der Waals surface area contributed by atoms with Crippen molar-refractivity contribution < 1.29 is 61.3 Å². The van der Waals surface area contributed by atoms with Crippen LogP contribution in [0.3, 0.4) is 0 Å². The molecule has 0 radical (unpaired) electrons. The summed E-state index contributed by atoms with van der Waals surface area (Å²) >= 11 is 5.99. The normalized spacial score (nSPS) is 10.2. The first kappa shape index (κ1) is 15.8. The zero-order valence-corrected chi connectivity index (χ0v) is 14.7. The van der Waals surface area contributed by atoms with Crippen LogP contribution in [0.25, 0.3) is 22.0 Å². The summed E-state index contributed by atoms with van der Waals surface area (Å²) in [5.41, 5.74) is 2.22. The molecule has 0 fully saturated rings. The predicted molar refractivity (Wildman–Crippen MR) is 73.1 cm³/mol. The van der Waals surface area contributed by atoms with Crippen LogP contribution in [-0.2, 0) is 0 Å². The number of carboxylic acid groups (broad SMARTS) is 1. The van der Waals surface area contributed by atoms with Gasteiger partial charge in [0.25, 0.3) is 0 Å². The average Bonchev–Trinajstić information content (AvgIpc) is 2.78. The van der Waals surface area contributed by atoms with E-state index in [2.05, 4.69) is 4.98 Å². The molecule has 3 aromatic rings. The van der Waals surface area contributed by atoms with E-state index in [9.17, 15) is 9.90 Å². The van der Waals surface area contributed by atoms with Crippen molar-refractivity contribution in [1.82, 2.24) is 4.98 Å². The summed E-state index contributed by atoms with van der Waals surface area (Å²) in [5.74, 6) is -1.23. The second-order valence-corrected chi connectivity index (χ2v) is 4.65. The van der Waals surface area contributed by atoms with Gasteiger partial charge in [-0.3, -0.25) is 0 Å². The number of aromatic carboxylic acids is 1. The quantitative estimate of drug-likeness (QED) is 0.670. The number of rotatable bonds is 2. The van der Waals surface area contributed by atoms with Crippen LogP contribution < -0.4 is 56.5 Å². The molecule has 20 heavy (non-hydrogen) atoms.